The van der Waals surface area contributed by atoms with Crippen LogP contribution in [0.5, 0.6) is 0 Å². The van der Waals surface area contributed by atoms with E-state index in [0.29, 0.717) is 31.2 Å². The highest BCUT2D eigenvalue weighted by atomic mass is 19.1. The SMILES string of the molecule is CN=C(NCc1ccc(F)c(CN(C)C)c1)NCC1(c2cccc(F)c2)CC1. The van der Waals surface area contributed by atoms with E-state index in [-0.39, 0.29) is 17.0 Å². The van der Waals surface area contributed by atoms with Crippen LogP contribution >= 0.6 is 0 Å². The number of guanidine groups is 1. The lowest BCUT2D eigenvalue weighted by molar-refractivity contribution is 0.392. The maximum atomic E-state index is 13.9. The molecule has 0 bridgehead atoms. The molecule has 1 saturated carbocycles. The number of nitrogens with one attached hydrogen (secondary N) is 2. The van der Waals surface area contributed by atoms with E-state index in [1.165, 1.54) is 12.1 Å². The molecule has 0 saturated heterocycles. The van der Waals surface area contributed by atoms with Gasteiger partial charge < -0.3 is 15.5 Å². The number of hydrogen-bond acceptors (Lipinski definition) is 2. The standard InChI is InChI=1S/C22H28F2N4/c1-25-21(26-13-16-7-8-20(24)17(11-16)14-28(2)3)27-15-22(9-10-22)18-5-4-6-19(23)12-18/h4-8,11-12H,9-10,13-15H2,1-3H3,(H2,25,26,27). The van der Waals surface area contributed by atoms with Crippen molar-refractivity contribution in [2.75, 3.05) is 27.7 Å². The van der Waals surface area contributed by atoms with Crippen LogP contribution in [0.1, 0.15) is 29.5 Å². The number of aliphatic imine (C=N–C) groups is 1. The highest BCUT2D eigenvalue weighted by molar-refractivity contribution is 5.79. The third kappa shape index (κ3) is 5.07. The van der Waals surface area contributed by atoms with Gasteiger partial charge in [-0.3, -0.25) is 4.99 Å². The first-order valence-electron chi connectivity index (χ1n) is 9.54. The summed E-state index contributed by atoms with van der Waals surface area (Å²) in [5.41, 5.74) is 2.68. The molecule has 0 radical (unpaired) electrons. The predicted octanol–water partition coefficient (Wildman–Crippen LogP) is 3.42. The smallest absolute Gasteiger partial charge is 0.191 e. The first-order valence-corrected chi connectivity index (χ1v) is 9.54. The van der Waals surface area contributed by atoms with Crippen LogP contribution in [0, 0.1) is 11.6 Å². The van der Waals surface area contributed by atoms with Crippen molar-refractivity contribution in [3.8, 4) is 0 Å². The third-order valence-electron chi connectivity index (χ3n) is 5.17. The van der Waals surface area contributed by atoms with Crippen molar-refractivity contribution in [3.05, 3.63) is 70.8 Å². The van der Waals surface area contributed by atoms with E-state index in [2.05, 4.69) is 15.6 Å². The molecule has 2 aromatic rings. The van der Waals surface area contributed by atoms with E-state index in [4.69, 9.17) is 0 Å². The molecule has 28 heavy (non-hydrogen) atoms. The molecule has 1 aliphatic rings. The summed E-state index contributed by atoms with van der Waals surface area (Å²) in [6, 6.07) is 12.0. The maximum Gasteiger partial charge on any atom is 0.191 e. The molecule has 6 heteroatoms. The molecule has 2 aromatic carbocycles. The molecule has 3 rings (SSSR count). The Morgan fingerprint density at radius 3 is 2.54 bits per heavy atom. The van der Waals surface area contributed by atoms with E-state index in [0.717, 1.165) is 24.0 Å². The van der Waals surface area contributed by atoms with Crippen LogP contribution in [0.3, 0.4) is 0 Å². The summed E-state index contributed by atoms with van der Waals surface area (Å²) >= 11 is 0. The van der Waals surface area contributed by atoms with Gasteiger partial charge in [0.2, 0.25) is 0 Å². The Morgan fingerprint density at radius 1 is 1.11 bits per heavy atom. The van der Waals surface area contributed by atoms with Gasteiger partial charge in [0, 0.05) is 37.7 Å². The van der Waals surface area contributed by atoms with Crippen molar-refractivity contribution in [2.24, 2.45) is 4.99 Å². The van der Waals surface area contributed by atoms with Crippen LogP contribution in [-0.4, -0.2) is 38.5 Å². The zero-order chi connectivity index (χ0) is 20.1. The van der Waals surface area contributed by atoms with Gasteiger partial charge in [0.05, 0.1) is 0 Å². The number of benzene rings is 2. The van der Waals surface area contributed by atoms with Crippen molar-refractivity contribution in [2.45, 2.75) is 31.3 Å². The maximum absolute atomic E-state index is 13.9. The first-order chi connectivity index (χ1) is 13.4. The van der Waals surface area contributed by atoms with Gasteiger partial charge in [-0.25, -0.2) is 8.78 Å². The highest BCUT2D eigenvalue weighted by Gasteiger charge is 2.44. The van der Waals surface area contributed by atoms with Crippen LogP contribution in [0.2, 0.25) is 0 Å². The van der Waals surface area contributed by atoms with Crippen molar-refractivity contribution in [3.63, 3.8) is 0 Å². The van der Waals surface area contributed by atoms with Gasteiger partial charge >= 0.3 is 0 Å². The normalized spacial score (nSPS) is 15.6. The minimum absolute atomic E-state index is 0.0194. The lowest BCUT2D eigenvalue weighted by atomic mass is 9.96. The lowest BCUT2D eigenvalue weighted by Crippen LogP contribution is -2.40. The molecule has 0 heterocycles. The Hall–Kier alpha value is -2.47. The minimum atomic E-state index is -0.198. The molecule has 0 unspecified atom stereocenters. The Bertz CT molecular complexity index is 844. The Morgan fingerprint density at radius 2 is 1.89 bits per heavy atom. The second kappa shape index (κ2) is 8.69. The van der Waals surface area contributed by atoms with E-state index in [9.17, 15) is 8.78 Å². The monoisotopic (exact) mass is 386 g/mol. The second-order valence-corrected chi connectivity index (χ2v) is 7.73. The second-order valence-electron chi connectivity index (χ2n) is 7.73. The van der Waals surface area contributed by atoms with Gasteiger partial charge in [0.25, 0.3) is 0 Å². The average molecular weight is 386 g/mol. The summed E-state index contributed by atoms with van der Waals surface area (Å²) in [6.07, 6.45) is 2.07. The van der Waals surface area contributed by atoms with E-state index in [1.807, 2.05) is 31.1 Å². The molecule has 4 nitrogen and oxygen atoms in total. The predicted molar refractivity (Wildman–Crippen MR) is 109 cm³/mol. The fourth-order valence-corrected chi connectivity index (χ4v) is 3.40. The molecule has 1 fully saturated rings. The van der Waals surface area contributed by atoms with Crippen LogP contribution in [-0.2, 0) is 18.5 Å². The summed E-state index contributed by atoms with van der Waals surface area (Å²) < 4.78 is 27.5. The third-order valence-corrected chi connectivity index (χ3v) is 5.17. The minimum Gasteiger partial charge on any atom is -0.356 e. The van der Waals surface area contributed by atoms with Gasteiger partial charge in [-0.1, -0.05) is 18.2 Å². The van der Waals surface area contributed by atoms with Gasteiger partial charge in [0.15, 0.2) is 5.96 Å². The zero-order valence-corrected chi connectivity index (χ0v) is 16.7. The molecule has 1 aliphatic carbocycles. The largest absolute Gasteiger partial charge is 0.356 e. The van der Waals surface area contributed by atoms with E-state index < -0.39 is 0 Å². The topological polar surface area (TPSA) is 39.7 Å². The summed E-state index contributed by atoms with van der Waals surface area (Å²) in [4.78, 5) is 6.21. The molecule has 0 amide bonds. The molecule has 0 atom stereocenters. The molecule has 0 spiro atoms. The van der Waals surface area contributed by atoms with E-state index >= 15 is 0 Å². The summed E-state index contributed by atoms with van der Waals surface area (Å²) in [5.74, 6) is 0.294. The molecular formula is C22H28F2N4. The van der Waals surface area contributed by atoms with Crippen LogP contribution in [0.25, 0.3) is 0 Å². The Kier molecular flexibility index (Phi) is 6.29. The van der Waals surface area contributed by atoms with Gasteiger partial charge in [-0.05, 0) is 62.3 Å². The lowest BCUT2D eigenvalue weighted by Gasteiger charge is -2.19. The fraction of sp³-hybridized carbons (Fsp3) is 0.409. The highest BCUT2D eigenvalue weighted by Crippen LogP contribution is 2.47. The summed E-state index contributed by atoms with van der Waals surface area (Å²) in [6.45, 7) is 1.81. The number of nitrogens with zero attached hydrogens (tertiary/aromatic N) is 2. The molecule has 150 valence electrons. The number of halogens is 2. The Balaban J connectivity index is 1.57. The molecule has 0 aliphatic heterocycles. The average Bonchev–Trinajstić information content (AvgIpc) is 3.45. The van der Waals surface area contributed by atoms with E-state index in [1.54, 1.807) is 25.2 Å². The van der Waals surface area contributed by atoms with Crippen molar-refractivity contribution < 1.29 is 8.78 Å². The van der Waals surface area contributed by atoms with Crippen molar-refractivity contribution >= 4 is 5.96 Å². The number of hydrogen-bond donors (Lipinski definition) is 2. The van der Waals surface area contributed by atoms with Crippen LogP contribution < -0.4 is 10.6 Å². The fourth-order valence-electron chi connectivity index (χ4n) is 3.40. The quantitative estimate of drug-likeness (QED) is 0.566. The van der Waals surface area contributed by atoms with Crippen LogP contribution in [0.4, 0.5) is 8.78 Å². The van der Waals surface area contributed by atoms with Gasteiger partial charge in [-0.15, -0.1) is 0 Å². The van der Waals surface area contributed by atoms with Crippen LogP contribution in [0.15, 0.2) is 47.5 Å². The molecular weight excluding hydrogens is 358 g/mol. The molecule has 0 aromatic heterocycles. The van der Waals surface area contributed by atoms with Crippen molar-refractivity contribution in [1.82, 2.24) is 15.5 Å². The first kappa shape index (κ1) is 20.3. The number of rotatable bonds is 7. The van der Waals surface area contributed by atoms with Gasteiger partial charge in [-0.2, -0.15) is 0 Å². The van der Waals surface area contributed by atoms with Crippen molar-refractivity contribution in [1.29, 1.82) is 0 Å². The summed E-state index contributed by atoms with van der Waals surface area (Å²) in [7, 11) is 5.56. The Labute approximate surface area is 165 Å². The van der Waals surface area contributed by atoms with Gasteiger partial charge in [0.1, 0.15) is 11.6 Å². The summed E-state index contributed by atoms with van der Waals surface area (Å²) in [5, 5.41) is 6.63. The zero-order valence-electron chi connectivity index (χ0n) is 16.7. The molecule has 2 N–H and O–H groups in total.